The predicted octanol–water partition coefficient (Wildman–Crippen LogP) is 1.04. The Bertz CT molecular complexity index is 576. The maximum atomic E-state index is 11.8. The summed E-state index contributed by atoms with van der Waals surface area (Å²) in [7, 11) is 3.18. The number of carboxylic acids is 1. The summed E-state index contributed by atoms with van der Waals surface area (Å²) in [5.74, 6) is 0.00293. The minimum Gasteiger partial charge on any atom is -0.493 e. The molecule has 126 valence electrons. The van der Waals surface area contributed by atoms with Crippen molar-refractivity contribution in [2.24, 2.45) is 0 Å². The topological polar surface area (TPSA) is 88.1 Å². The van der Waals surface area contributed by atoms with Crippen LogP contribution in [0, 0.1) is 0 Å². The fourth-order valence-corrected chi connectivity index (χ4v) is 2.87. The van der Waals surface area contributed by atoms with E-state index < -0.39 is 5.97 Å². The van der Waals surface area contributed by atoms with Gasteiger partial charge in [-0.1, -0.05) is 6.07 Å². The van der Waals surface area contributed by atoms with Crippen molar-refractivity contribution < 1.29 is 24.2 Å². The van der Waals surface area contributed by atoms with Crippen LogP contribution in [-0.2, 0) is 9.59 Å². The predicted molar refractivity (Wildman–Crippen MR) is 83.7 cm³/mol. The van der Waals surface area contributed by atoms with Gasteiger partial charge in [-0.3, -0.25) is 14.5 Å². The van der Waals surface area contributed by atoms with Crippen molar-refractivity contribution in [1.29, 1.82) is 0 Å². The first-order chi connectivity index (χ1) is 11.0. The lowest BCUT2D eigenvalue weighted by molar-refractivity contribution is -0.138. The van der Waals surface area contributed by atoms with Gasteiger partial charge in [0.15, 0.2) is 11.5 Å². The van der Waals surface area contributed by atoms with E-state index in [9.17, 15) is 9.59 Å². The number of amides is 1. The standard InChI is InChI=1S/C16H22N2O5/c1-22-13-6-5-11(8-14(13)23-2)12-4-3-7-18(12)10-15(19)17-9-16(20)21/h5-6,8,12H,3-4,7,9-10H2,1-2H3,(H,17,19)(H,20,21). The lowest BCUT2D eigenvalue weighted by Crippen LogP contribution is -2.39. The van der Waals surface area contributed by atoms with Crippen LogP contribution in [0.15, 0.2) is 18.2 Å². The fraction of sp³-hybridized carbons (Fsp3) is 0.500. The van der Waals surface area contributed by atoms with E-state index in [-0.39, 0.29) is 25.0 Å². The Morgan fingerprint density at radius 3 is 2.70 bits per heavy atom. The molecule has 1 aromatic rings. The summed E-state index contributed by atoms with van der Waals surface area (Å²) in [6.07, 6.45) is 1.94. The van der Waals surface area contributed by atoms with Crippen LogP contribution in [0.3, 0.4) is 0 Å². The van der Waals surface area contributed by atoms with E-state index >= 15 is 0 Å². The van der Waals surface area contributed by atoms with Gasteiger partial charge in [0.2, 0.25) is 5.91 Å². The third kappa shape index (κ3) is 4.35. The number of ether oxygens (including phenoxy) is 2. The molecule has 1 unspecified atom stereocenters. The van der Waals surface area contributed by atoms with E-state index in [1.54, 1.807) is 14.2 Å². The zero-order valence-corrected chi connectivity index (χ0v) is 13.4. The molecule has 0 bridgehead atoms. The van der Waals surface area contributed by atoms with E-state index in [1.165, 1.54) is 0 Å². The van der Waals surface area contributed by atoms with Gasteiger partial charge in [-0.05, 0) is 37.1 Å². The zero-order valence-electron chi connectivity index (χ0n) is 13.4. The van der Waals surface area contributed by atoms with E-state index in [2.05, 4.69) is 10.2 Å². The van der Waals surface area contributed by atoms with Gasteiger partial charge < -0.3 is 19.9 Å². The van der Waals surface area contributed by atoms with Gasteiger partial charge in [0.25, 0.3) is 0 Å². The highest BCUT2D eigenvalue weighted by Gasteiger charge is 2.28. The minimum atomic E-state index is -1.05. The van der Waals surface area contributed by atoms with Crippen LogP contribution in [-0.4, -0.2) is 55.7 Å². The van der Waals surface area contributed by atoms with Gasteiger partial charge in [-0.15, -0.1) is 0 Å². The van der Waals surface area contributed by atoms with Crippen LogP contribution in [0.1, 0.15) is 24.4 Å². The number of carbonyl (C=O) groups is 2. The van der Waals surface area contributed by atoms with Gasteiger partial charge in [-0.25, -0.2) is 0 Å². The average Bonchev–Trinajstić information content (AvgIpc) is 3.00. The van der Waals surface area contributed by atoms with Crippen LogP contribution in [0.4, 0.5) is 0 Å². The molecule has 1 saturated heterocycles. The highest BCUT2D eigenvalue weighted by atomic mass is 16.5. The Morgan fingerprint density at radius 2 is 2.04 bits per heavy atom. The van der Waals surface area contributed by atoms with Crippen LogP contribution >= 0.6 is 0 Å². The van der Waals surface area contributed by atoms with Crippen molar-refractivity contribution >= 4 is 11.9 Å². The van der Waals surface area contributed by atoms with Crippen molar-refractivity contribution in [3.8, 4) is 11.5 Å². The Morgan fingerprint density at radius 1 is 1.30 bits per heavy atom. The number of likely N-dealkylation sites (tertiary alicyclic amines) is 1. The summed E-state index contributed by atoms with van der Waals surface area (Å²) in [4.78, 5) is 24.4. The number of benzene rings is 1. The molecule has 0 aliphatic carbocycles. The van der Waals surface area contributed by atoms with Crippen LogP contribution in [0.5, 0.6) is 11.5 Å². The van der Waals surface area contributed by atoms with Crippen LogP contribution in [0.2, 0.25) is 0 Å². The molecule has 2 rings (SSSR count). The molecule has 1 aromatic carbocycles. The molecular weight excluding hydrogens is 300 g/mol. The largest absolute Gasteiger partial charge is 0.493 e. The van der Waals surface area contributed by atoms with E-state index in [0.29, 0.717) is 11.5 Å². The second-order valence-corrected chi connectivity index (χ2v) is 5.41. The van der Waals surface area contributed by atoms with Crippen LogP contribution < -0.4 is 14.8 Å². The first-order valence-electron chi connectivity index (χ1n) is 7.49. The number of carbonyl (C=O) groups excluding carboxylic acids is 1. The molecule has 1 fully saturated rings. The molecule has 7 heteroatoms. The second-order valence-electron chi connectivity index (χ2n) is 5.41. The quantitative estimate of drug-likeness (QED) is 0.780. The molecule has 1 atom stereocenters. The Kier molecular flexibility index (Phi) is 5.81. The molecule has 1 heterocycles. The number of aliphatic carboxylic acids is 1. The summed E-state index contributed by atoms with van der Waals surface area (Å²) in [6, 6.07) is 5.87. The lowest BCUT2D eigenvalue weighted by atomic mass is 10.0. The number of carboxylic acid groups (broad SMARTS) is 1. The molecule has 7 nitrogen and oxygen atoms in total. The molecule has 0 saturated carbocycles. The van der Waals surface area contributed by atoms with Gasteiger partial charge in [0, 0.05) is 6.04 Å². The Labute approximate surface area is 135 Å². The number of methoxy groups -OCH3 is 2. The minimum absolute atomic E-state index is 0.116. The molecule has 0 spiro atoms. The summed E-state index contributed by atoms with van der Waals surface area (Å²) < 4.78 is 10.6. The molecule has 1 amide bonds. The smallest absolute Gasteiger partial charge is 0.322 e. The van der Waals surface area contributed by atoms with Crippen molar-refractivity contribution in [3.05, 3.63) is 23.8 Å². The van der Waals surface area contributed by atoms with Gasteiger partial charge in [0.1, 0.15) is 6.54 Å². The highest BCUT2D eigenvalue weighted by Crippen LogP contribution is 2.36. The van der Waals surface area contributed by atoms with Crippen molar-refractivity contribution in [2.45, 2.75) is 18.9 Å². The van der Waals surface area contributed by atoms with Gasteiger partial charge >= 0.3 is 5.97 Å². The van der Waals surface area contributed by atoms with Crippen molar-refractivity contribution in [1.82, 2.24) is 10.2 Å². The Hall–Kier alpha value is -2.28. The molecule has 0 radical (unpaired) electrons. The third-order valence-corrected chi connectivity index (χ3v) is 3.94. The van der Waals surface area contributed by atoms with E-state index in [1.807, 2.05) is 18.2 Å². The third-order valence-electron chi connectivity index (χ3n) is 3.94. The fourth-order valence-electron chi connectivity index (χ4n) is 2.87. The maximum absolute atomic E-state index is 11.8. The normalized spacial score (nSPS) is 17.7. The first kappa shape index (κ1) is 17.1. The van der Waals surface area contributed by atoms with Crippen molar-refractivity contribution in [3.63, 3.8) is 0 Å². The number of hydrogen-bond acceptors (Lipinski definition) is 5. The van der Waals surface area contributed by atoms with Gasteiger partial charge in [-0.2, -0.15) is 0 Å². The SMILES string of the molecule is COc1ccc(C2CCCN2CC(=O)NCC(=O)O)cc1OC. The van der Waals surface area contributed by atoms with Crippen molar-refractivity contribution in [2.75, 3.05) is 33.9 Å². The summed E-state index contributed by atoms with van der Waals surface area (Å²) in [6.45, 7) is 0.638. The lowest BCUT2D eigenvalue weighted by Gasteiger charge is -2.24. The average molecular weight is 322 g/mol. The molecule has 0 aromatic heterocycles. The molecule has 23 heavy (non-hydrogen) atoms. The van der Waals surface area contributed by atoms with Crippen LogP contribution in [0.25, 0.3) is 0 Å². The maximum Gasteiger partial charge on any atom is 0.322 e. The van der Waals surface area contributed by atoms with E-state index in [0.717, 1.165) is 24.9 Å². The molecule has 1 aliphatic rings. The summed E-state index contributed by atoms with van der Waals surface area (Å²) >= 11 is 0. The summed E-state index contributed by atoms with van der Waals surface area (Å²) in [5.41, 5.74) is 1.06. The molecule has 1 aliphatic heterocycles. The number of nitrogens with zero attached hydrogens (tertiary/aromatic N) is 1. The zero-order chi connectivity index (χ0) is 16.8. The number of rotatable bonds is 7. The Balaban J connectivity index is 2.06. The first-order valence-corrected chi connectivity index (χ1v) is 7.49. The second kappa shape index (κ2) is 7.82. The number of nitrogens with one attached hydrogen (secondary N) is 1. The molecular formula is C16H22N2O5. The molecule has 2 N–H and O–H groups in total. The summed E-state index contributed by atoms with van der Waals surface area (Å²) in [5, 5.41) is 11.0. The van der Waals surface area contributed by atoms with Gasteiger partial charge in [0.05, 0.1) is 20.8 Å². The highest BCUT2D eigenvalue weighted by molar-refractivity contribution is 5.82. The number of hydrogen-bond donors (Lipinski definition) is 2. The monoisotopic (exact) mass is 322 g/mol. The van der Waals surface area contributed by atoms with E-state index in [4.69, 9.17) is 14.6 Å².